The van der Waals surface area contributed by atoms with Gasteiger partial charge in [-0.25, -0.2) is 0 Å². The second-order valence-electron chi connectivity index (χ2n) is 17.7. The molecule has 1 heteroatoms. The van der Waals surface area contributed by atoms with Gasteiger partial charge in [0, 0.05) is 27.8 Å². The third-order valence-corrected chi connectivity index (χ3v) is 14.8. The molecule has 1 spiro atoms. The Kier molecular flexibility index (Phi) is 6.36. The van der Waals surface area contributed by atoms with Crippen LogP contribution in [0.15, 0.2) is 152 Å². The van der Waals surface area contributed by atoms with Crippen molar-refractivity contribution in [2.75, 3.05) is 4.90 Å². The molecule has 6 aliphatic rings. The van der Waals surface area contributed by atoms with E-state index >= 15 is 0 Å². The van der Waals surface area contributed by atoms with Crippen LogP contribution in [0.25, 0.3) is 44.2 Å². The van der Waals surface area contributed by atoms with Gasteiger partial charge in [0.25, 0.3) is 0 Å². The van der Waals surface area contributed by atoms with E-state index in [2.05, 4.69) is 170 Å². The Morgan fingerprint density at radius 3 is 1.85 bits per heavy atom. The average Bonchev–Trinajstić information content (AvgIpc) is 3.63. The quantitative estimate of drug-likeness (QED) is 0.177. The minimum absolute atomic E-state index is 0.0818. The van der Waals surface area contributed by atoms with Gasteiger partial charge in [0.15, 0.2) is 0 Å². The number of rotatable bonds is 4. The largest absolute Gasteiger partial charge is 0.310 e. The number of hydrogen-bond donors (Lipinski definition) is 0. The maximum absolute atomic E-state index is 2.59. The maximum Gasteiger partial charge on any atom is 0.0543 e. The number of benzene rings is 7. The van der Waals surface area contributed by atoms with Crippen molar-refractivity contribution in [3.8, 4) is 33.4 Å². The van der Waals surface area contributed by atoms with Gasteiger partial charge in [0.1, 0.15) is 0 Å². The SMILES string of the molecule is CC1(C)c2ccccc2-c2ccc(N(c3ccc(-c4cccc5ccccc45)cc3)c3cccc4c3-c3ccccc3C43C4CC5CC(C4)CC3C5)cc21. The molecule has 0 saturated heterocycles. The number of nitrogens with zero attached hydrogens (tertiary/aromatic N) is 1. The van der Waals surface area contributed by atoms with Crippen molar-refractivity contribution in [3.63, 3.8) is 0 Å². The summed E-state index contributed by atoms with van der Waals surface area (Å²) in [6, 6.07) is 58.0. The number of anilines is 3. The highest BCUT2D eigenvalue weighted by Crippen LogP contribution is 2.70. The van der Waals surface area contributed by atoms with Crippen LogP contribution in [0.2, 0.25) is 0 Å². The Balaban J connectivity index is 1.08. The lowest BCUT2D eigenvalue weighted by Crippen LogP contribution is -2.55. The van der Waals surface area contributed by atoms with Crippen LogP contribution in [-0.2, 0) is 10.8 Å². The minimum Gasteiger partial charge on any atom is -0.310 e. The summed E-state index contributed by atoms with van der Waals surface area (Å²) in [5.74, 6) is 3.32. The molecule has 54 heavy (non-hydrogen) atoms. The first-order valence-corrected chi connectivity index (χ1v) is 20.4. The van der Waals surface area contributed by atoms with Gasteiger partial charge in [-0.1, -0.05) is 135 Å². The molecule has 1 nitrogen and oxygen atoms in total. The molecule has 7 aromatic rings. The molecule has 4 fully saturated rings. The summed E-state index contributed by atoms with van der Waals surface area (Å²) in [5.41, 5.74) is 18.0. The van der Waals surface area contributed by atoms with Gasteiger partial charge in [-0.2, -0.15) is 0 Å². The molecule has 13 rings (SSSR count). The van der Waals surface area contributed by atoms with Crippen LogP contribution in [0.5, 0.6) is 0 Å². The van der Waals surface area contributed by atoms with Crippen molar-refractivity contribution < 1.29 is 0 Å². The fourth-order valence-electron chi connectivity index (χ4n) is 12.9. The third kappa shape index (κ3) is 4.05. The molecule has 0 aliphatic heterocycles. The number of hydrogen-bond acceptors (Lipinski definition) is 1. The number of fused-ring (bicyclic) bond motifs is 7. The molecule has 0 radical (unpaired) electrons. The fourth-order valence-corrected chi connectivity index (χ4v) is 12.9. The van der Waals surface area contributed by atoms with Crippen LogP contribution >= 0.6 is 0 Å². The van der Waals surface area contributed by atoms with Crippen molar-refractivity contribution in [1.82, 2.24) is 0 Å². The Morgan fingerprint density at radius 2 is 1.06 bits per heavy atom. The van der Waals surface area contributed by atoms with E-state index in [-0.39, 0.29) is 10.8 Å². The second kappa shape index (κ2) is 11.1. The predicted octanol–water partition coefficient (Wildman–Crippen LogP) is 14.0. The van der Waals surface area contributed by atoms with E-state index in [1.54, 1.807) is 11.1 Å². The Bertz CT molecular complexity index is 2630. The summed E-state index contributed by atoms with van der Waals surface area (Å²) >= 11 is 0. The molecule has 262 valence electrons. The molecule has 0 amide bonds. The van der Waals surface area contributed by atoms with E-state index in [9.17, 15) is 0 Å². The van der Waals surface area contributed by atoms with Crippen molar-refractivity contribution in [2.45, 2.75) is 56.8 Å². The lowest BCUT2D eigenvalue weighted by molar-refractivity contribution is -0.0399. The van der Waals surface area contributed by atoms with E-state index in [0.29, 0.717) is 0 Å². The Labute approximate surface area is 319 Å². The van der Waals surface area contributed by atoms with Crippen molar-refractivity contribution in [3.05, 3.63) is 174 Å². The molecule has 7 aromatic carbocycles. The highest BCUT2D eigenvalue weighted by atomic mass is 15.1. The highest BCUT2D eigenvalue weighted by molar-refractivity contribution is 5.99. The van der Waals surface area contributed by atoms with Crippen LogP contribution < -0.4 is 4.90 Å². The van der Waals surface area contributed by atoms with Gasteiger partial charge in [-0.05, 0) is 147 Å². The van der Waals surface area contributed by atoms with Gasteiger partial charge >= 0.3 is 0 Å². The first-order chi connectivity index (χ1) is 26.5. The molecule has 4 saturated carbocycles. The molecule has 0 aromatic heterocycles. The fraction of sp³-hybridized carbons (Fsp3) is 0.245. The van der Waals surface area contributed by atoms with Gasteiger partial charge in [-0.15, -0.1) is 0 Å². The van der Waals surface area contributed by atoms with Crippen LogP contribution in [0.3, 0.4) is 0 Å². The second-order valence-corrected chi connectivity index (χ2v) is 17.7. The topological polar surface area (TPSA) is 3.24 Å². The highest BCUT2D eigenvalue weighted by Gasteiger charge is 2.61. The van der Waals surface area contributed by atoms with Crippen LogP contribution in [0, 0.1) is 23.7 Å². The summed E-state index contributed by atoms with van der Waals surface area (Å²) in [4.78, 5) is 2.59. The maximum atomic E-state index is 2.59. The monoisotopic (exact) mass is 695 g/mol. The lowest BCUT2D eigenvalue weighted by atomic mass is 9.43. The summed E-state index contributed by atoms with van der Waals surface area (Å²) in [6.45, 7) is 4.80. The molecule has 4 bridgehead atoms. The zero-order valence-corrected chi connectivity index (χ0v) is 31.2. The minimum atomic E-state index is -0.0818. The third-order valence-electron chi connectivity index (χ3n) is 14.8. The van der Waals surface area contributed by atoms with E-state index in [4.69, 9.17) is 0 Å². The zero-order chi connectivity index (χ0) is 35.8. The summed E-state index contributed by atoms with van der Waals surface area (Å²) in [7, 11) is 0. The van der Waals surface area contributed by atoms with Gasteiger partial charge in [0.2, 0.25) is 0 Å². The molecule has 6 aliphatic carbocycles. The Hall–Kier alpha value is -5.40. The molecule has 0 heterocycles. The van der Waals surface area contributed by atoms with Crippen molar-refractivity contribution in [1.29, 1.82) is 0 Å². The van der Waals surface area contributed by atoms with Crippen molar-refractivity contribution in [2.24, 2.45) is 23.7 Å². The Morgan fingerprint density at radius 1 is 0.463 bits per heavy atom. The van der Waals surface area contributed by atoms with E-state index in [0.717, 1.165) is 23.7 Å². The molecule has 0 unspecified atom stereocenters. The smallest absolute Gasteiger partial charge is 0.0543 e. The van der Waals surface area contributed by atoms with Crippen LogP contribution in [-0.4, -0.2) is 0 Å². The summed E-state index contributed by atoms with van der Waals surface area (Å²) in [5, 5.41) is 2.57. The van der Waals surface area contributed by atoms with Crippen molar-refractivity contribution >= 4 is 27.8 Å². The predicted molar refractivity (Wildman–Crippen MR) is 225 cm³/mol. The van der Waals surface area contributed by atoms with Gasteiger partial charge in [0.05, 0.1) is 5.69 Å². The van der Waals surface area contributed by atoms with Crippen LogP contribution in [0.1, 0.15) is 68.2 Å². The van der Waals surface area contributed by atoms with E-state index < -0.39 is 0 Å². The van der Waals surface area contributed by atoms with E-state index in [1.807, 2.05) is 0 Å². The van der Waals surface area contributed by atoms with Crippen LogP contribution in [0.4, 0.5) is 17.1 Å². The van der Waals surface area contributed by atoms with Gasteiger partial charge in [-0.3, -0.25) is 0 Å². The van der Waals surface area contributed by atoms with E-state index in [1.165, 1.54) is 104 Å². The average molecular weight is 696 g/mol. The van der Waals surface area contributed by atoms with Gasteiger partial charge < -0.3 is 4.90 Å². The lowest BCUT2D eigenvalue weighted by Gasteiger charge is -2.61. The molecule has 0 N–H and O–H groups in total. The summed E-state index contributed by atoms with van der Waals surface area (Å²) in [6.07, 6.45) is 7.05. The standard InChI is InChI=1S/C53H45N/c1-52(2)46-17-7-5-14-43(46)44-26-25-40(32-49(44)52)54(39-23-21-36(22-24-39)42-16-9-12-35-11-3-4-13-41(35)42)50-20-10-19-48-51(50)45-15-6-8-18-47(45)53(48)37-28-33-27-34(30-37)31-38(53)29-33/h3-26,32-34,37-38H,27-31H2,1-2H3. The first kappa shape index (κ1) is 31.0. The molecule has 0 atom stereocenters. The summed E-state index contributed by atoms with van der Waals surface area (Å²) < 4.78 is 0. The zero-order valence-electron chi connectivity index (χ0n) is 31.2. The normalized spacial score (nSPS) is 24.7. The molecular formula is C53H45N. The molecular weight excluding hydrogens is 651 g/mol. The first-order valence-electron chi connectivity index (χ1n) is 20.4.